The third-order valence-electron chi connectivity index (χ3n) is 3.37. The molecule has 0 bridgehead atoms. The quantitative estimate of drug-likeness (QED) is 0.812. The first-order chi connectivity index (χ1) is 8.54. The molecule has 0 unspecified atom stereocenters. The third-order valence-corrected chi connectivity index (χ3v) is 3.37. The van der Waals surface area contributed by atoms with Crippen LogP contribution in [0, 0.1) is 5.82 Å². The Balaban J connectivity index is 2.07. The number of anilines is 1. The van der Waals surface area contributed by atoms with E-state index in [0.29, 0.717) is 11.3 Å². The molecule has 2 rings (SSSR count). The summed E-state index contributed by atoms with van der Waals surface area (Å²) in [5.74, 6) is -0.544. The zero-order valence-electron chi connectivity index (χ0n) is 10.4. The van der Waals surface area contributed by atoms with E-state index in [2.05, 4.69) is 5.32 Å². The number of benzene rings is 1. The molecule has 4 heteroatoms. The van der Waals surface area contributed by atoms with Crippen LogP contribution < -0.4 is 5.32 Å². The molecule has 2 N–H and O–H groups in total. The van der Waals surface area contributed by atoms with Gasteiger partial charge in [0, 0.05) is 17.3 Å². The van der Waals surface area contributed by atoms with Crippen molar-refractivity contribution in [1.82, 2.24) is 0 Å². The van der Waals surface area contributed by atoms with Gasteiger partial charge in [0.15, 0.2) is 5.78 Å². The van der Waals surface area contributed by atoms with Crippen LogP contribution >= 0.6 is 0 Å². The van der Waals surface area contributed by atoms with Gasteiger partial charge in [0.1, 0.15) is 5.82 Å². The molecule has 1 aromatic rings. The Morgan fingerprint density at radius 2 is 1.94 bits per heavy atom. The Morgan fingerprint density at radius 3 is 2.56 bits per heavy atom. The lowest BCUT2D eigenvalue weighted by Gasteiger charge is -2.27. The number of carbonyl (C=O) groups excluding carboxylic acids is 1. The van der Waals surface area contributed by atoms with Crippen molar-refractivity contribution in [1.29, 1.82) is 0 Å². The van der Waals surface area contributed by atoms with Crippen molar-refractivity contribution in [3.8, 4) is 0 Å². The average Bonchev–Trinajstić information content (AvgIpc) is 2.31. The number of ketones is 1. The van der Waals surface area contributed by atoms with E-state index in [4.69, 9.17) is 0 Å². The monoisotopic (exact) mass is 251 g/mol. The fourth-order valence-electron chi connectivity index (χ4n) is 2.33. The van der Waals surface area contributed by atoms with Gasteiger partial charge in [-0.3, -0.25) is 4.79 Å². The highest BCUT2D eigenvalue weighted by Crippen LogP contribution is 2.23. The van der Waals surface area contributed by atoms with Crippen molar-refractivity contribution in [2.24, 2.45) is 0 Å². The van der Waals surface area contributed by atoms with E-state index in [1.807, 2.05) is 0 Å². The second kappa shape index (κ2) is 5.48. The fourth-order valence-corrected chi connectivity index (χ4v) is 2.33. The van der Waals surface area contributed by atoms with E-state index in [1.54, 1.807) is 6.07 Å². The Bertz CT molecular complexity index is 439. The van der Waals surface area contributed by atoms with Crippen LogP contribution in [0.1, 0.15) is 43.0 Å². The molecule has 0 heterocycles. The summed E-state index contributed by atoms with van der Waals surface area (Å²) in [6, 6.07) is 4.57. The van der Waals surface area contributed by atoms with Crippen molar-refractivity contribution in [2.75, 3.05) is 5.32 Å². The van der Waals surface area contributed by atoms with Gasteiger partial charge in [-0.15, -0.1) is 0 Å². The number of rotatable bonds is 3. The number of hydrogen-bond acceptors (Lipinski definition) is 3. The van der Waals surface area contributed by atoms with Gasteiger partial charge in [-0.1, -0.05) is 0 Å². The Hall–Kier alpha value is -1.42. The predicted molar refractivity (Wildman–Crippen MR) is 68.3 cm³/mol. The molecular weight excluding hydrogens is 233 g/mol. The molecule has 1 aliphatic rings. The van der Waals surface area contributed by atoms with Crippen LogP contribution in [-0.4, -0.2) is 23.0 Å². The van der Waals surface area contributed by atoms with E-state index in [-0.39, 0.29) is 17.9 Å². The third kappa shape index (κ3) is 3.29. The van der Waals surface area contributed by atoms with Crippen molar-refractivity contribution >= 4 is 11.5 Å². The summed E-state index contributed by atoms with van der Waals surface area (Å²) >= 11 is 0. The lowest BCUT2D eigenvalue weighted by Crippen LogP contribution is -2.28. The standard InChI is InChI=1S/C14H18FNO2/c1-9(17)10-6-11(15)8-13(7-10)16-12-2-4-14(18)5-3-12/h6-8,12,14,16,18H,2-5H2,1H3. The van der Waals surface area contributed by atoms with Crippen LogP contribution in [0.3, 0.4) is 0 Å². The molecule has 98 valence electrons. The van der Waals surface area contributed by atoms with E-state index in [9.17, 15) is 14.3 Å². The normalized spacial score (nSPS) is 23.7. The summed E-state index contributed by atoms with van der Waals surface area (Å²) in [4.78, 5) is 11.3. The van der Waals surface area contributed by atoms with Crippen molar-refractivity contribution in [3.63, 3.8) is 0 Å². The minimum Gasteiger partial charge on any atom is -0.393 e. The summed E-state index contributed by atoms with van der Waals surface area (Å²) in [5.41, 5.74) is 1.02. The first-order valence-corrected chi connectivity index (χ1v) is 6.31. The second-order valence-corrected chi connectivity index (χ2v) is 4.93. The number of aliphatic hydroxyl groups excluding tert-OH is 1. The number of nitrogens with one attached hydrogen (secondary N) is 1. The number of aliphatic hydroxyl groups is 1. The molecule has 1 aliphatic carbocycles. The van der Waals surface area contributed by atoms with Crippen LogP contribution in [0.2, 0.25) is 0 Å². The lowest BCUT2D eigenvalue weighted by molar-refractivity contribution is 0.101. The second-order valence-electron chi connectivity index (χ2n) is 4.93. The molecule has 0 aromatic heterocycles. The van der Waals surface area contributed by atoms with E-state index >= 15 is 0 Å². The molecule has 18 heavy (non-hydrogen) atoms. The Morgan fingerprint density at radius 1 is 1.28 bits per heavy atom. The number of carbonyl (C=O) groups is 1. The van der Waals surface area contributed by atoms with Gasteiger partial charge in [0.25, 0.3) is 0 Å². The van der Waals surface area contributed by atoms with Gasteiger partial charge in [-0.2, -0.15) is 0 Å². The van der Waals surface area contributed by atoms with Crippen molar-refractivity contribution in [2.45, 2.75) is 44.8 Å². The van der Waals surface area contributed by atoms with Gasteiger partial charge in [0.2, 0.25) is 0 Å². The van der Waals surface area contributed by atoms with Crippen molar-refractivity contribution in [3.05, 3.63) is 29.6 Å². The highest BCUT2D eigenvalue weighted by atomic mass is 19.1. The van der Waals surface area contributed by atoms with E-state index < -0.39 is 5.82 Å². The summed E-state index contributed by atoms with van der Waals surface area (Å²) in [7, 11) is 0. The predicted octanol–water partition coefficient (Wildman–Crippen LogP) is 2.74. The Kier molecular flexibility index (Phi) is 3.97. The first kappa shape index (κ1) is 13.0. The summed E-state index contributed by atoms with van der Waals surface area (Å²) in [6.45, 7) is 1.43. The fraction of sp³-hybridized carbons (Fsp3) is 0.500. The molecule has 1 fully saturated rings. The molecule has 3 nitrogen and oxygen atoms in total. The largest absolute Gasteiger partial charge is 0.393 e. The SMILES string of the molecule is CC(=O)c1cc(F)cc(NC2CCC(O)CC2)c1. The molecular formula is C14H18FNO2. The zero-order chi connectivity index (χ0) is 13.1. The van der Waals surface area contributed by atoms with E-state index in [1.165, 1.54) is 19.1 Å². The maximum Gasteiger partial charge on any atom is 0.159 e. The molecule has 1 aromatic carbocycles. The maximum absolute atomic E-state index is 13.4. The average molecular weight is 251 g/mol. The van der Waals surface area contributed by atoms with E-state index in [0.717, 1.165) is 25.7 Å². The van der Waals surface area contributed by atoms with Crippen LogP contribution in [0.25, 0.3) is 0 Å². The van der Waals surface area contributed by atoms with Crippen LogP contribution in [0.5, 0.6) is 0 Å². The first-order valence-electron chi connectivity index (χ1n) is 6.31. The van der Waals surface area contributed by atoms with Gasteiger partial charge in [-0.05, 0) is 50.8 Å². The lowest BCUT2D eigenvalue weighted by atomic mass is 9.93. The highest BCUT2D eigenvalue weighted by molar-refractivity contribution is 5.95. The van der Waals surface area contributed by atoms with Gasteiger partial charge < -0.3 is 10.4 Å². The Labute approximate surface area is 106 Å². The molecule has 0 saturated heterocycles. The molecule has 0 atom stereocenters. The number of halogens is 1. The topological polar surface area (TPSA) is 49.3 Å². The van der Waals surface area contributed by atoms with Gasteiger partial charge in [0.05, 0.1) is 6.10 Å². The van der Waals surface area contributed by atoms with Gasteiger partial charge >= 0.3 is 0 Å². The van der Waals surface area contributed by atoms with Crippen LogP contribution in [-0.2, 0) is 0 Å². The smallest absolute Gasteiger partial charge is 0.159 e. The minimum atomic E-state index is -0.402. The number of Topliss-reactive ketones (excluding diaryl/α,β-unsaturated/α-hetero) is 1. The molecule has 1 saturated carbocycles. The van der Waals surface area contributed by atoms with Gasteiger partial charge in [-0.25, -0.2) is 4.39 Å². The van der Waals surface area contributed by atoms with Crippen LogP contribution in [0.4, 0.5) is 10.1 Å². The molecule has 0 aliphatic heterocycles. The summed E-state index contributed by atoms with van der Waals surface area (Å²) in [6.07, 6.45) is 3.07. The zero-order valence-corrected chi connectivity index (χ0v) is 10.4. The molecule has 0 amide bonds. The number of hydrogen-bond donors (Lipinski definition) is 2. The highest BCUT2D eigenvalue weighted by Gasteiger charge is 2.19. The summed E-state index contributed by atoms with van der Waals surface area (Å²) < 4.78 is 13.4. The summed E-state index contributed by atoms with van der Waals surface area (Å²) in [5, 5.41) is 12.7. The molecule has 0 spiro atoms. The van der Waals surface area contributed by atoms with Crippen LogP contribution in [0.15, 0.2) is 18.2 Å². The molecule has 0 radical (unpaired) electrons. The maximum atomic E-state index is 13.4. The minimum absolute atomic E-state index is 0.142. The van der Waals surface area contributed by atoms with Crippen molar-refractivity contribution < 1.29 is 14.3 Å².